The Labute approximate surface area is 200 Å². The Morgan fingerprint density at radius 2 is 1.63 bits per heavy atom. The average Bonchev–Trinajstić information content (AvgIpc) is 2.86. The van der Waals surface area contributed by atoms with Crippen molar-refractivity contribution in [2.75, 3.05) is 17.2 Å². The highest BCUT2D eigenvalue weighted by molar-refractivity contribution is 6.40. The maximum Gasteiger partial charge on any atom is 0.329 e. The number of carbonyl (C=O) groups excluding carboxylic acids is 3. The highest BCUT2D eigenvalue weighted by atomic mass is 16.6. The fourth-order valence-electron chi connectivity index (χ4n) is 2.87. The van der Waals surface area contributed by atoms with Crippen molar-refractivity contribution in [2.45, 2.75) is 6.92 Å². The zero-order valence-corrected chi connectivity index (χ0v) is 18.6. The number of rotatable bonds is 8. The van der Waals surface area contributed by atoms with Gasteiger partial charge in [-0.2, -0.15) is 5.10 Å². The van der Waals surface area contributed by atoms with E-state index < -0.39 is 22.6 Å². The van der Waals surface area contributed by atoms with Crippen LogP contribution in [0.25, 0.3) is 0 Å². The van der Waals surface area contributed by atoms with Crippen molar-refractivity contribution in [2.24, 2.45) is 5.10 Å². The lowest BCUT2D eigenvalue weighted by Gasteiger charge is -2.11. The van der Waals surface area contributed by atoms with Gasteiger partial charge in [-0.1, -0.05) is 12.1 Å². The van der Waals surface area contributed by atoms with Crippen molar-refractivity contribution in [3.8, 4) is 5.75 Å². The van der Waals surface area contributed by atoms with Gasteiger partial charge in [-0.15, -0.1) is 0 Å². The van der Waals surface area contributed by atoms with Crippen LogP contribution in [0.1, 0.15) is 22.8 Å². The van der Waals surface area contributed by atoms with Crippen LogP contribution in [0.3, 0.4) is 0 Å². The molecule has 3 rings (SSSR count). The van der Waals surface area contributed by atoms with Gasteiger partial charge in [-0.25, -0.2) is 5.43 Å². The third-order valence-corrected chi connectivity index (χ3v) is 4.53. The van der Waals surface area contributed by atoms with Gasteiger partial charge in [-0.05, 0) is 61.0 Å². The Morgan fingerprint density at radius 3 is 2.29 bits per heavy atom. The molecule has 3 N–H and O–H groups in total. The lowest BCUT2D eigenvalue weighted by molar-refractivity contribution is -0.384. The number of para-hydroxylation sites is 1. The van der Waals surface area contributed by atoms with Crippen molar-refractivity contribution >= 4 is 41.0 Å². The molecule has 3 amide bonds. The molecule has 0 saturated carbocycles. The van der Waals surface area contributed by atoms with Gasteiger partial charge in [0.25, 0.3) is 11.6 Å². The molecule has 0 aliphatic rings. The van der Waals surface area contributed by atoms with Crippen LogP contribution in [0.4, 0.5) is 17.1 Å². The predicted molar refractivity (Wildman–Crippen MR) is 129 cm³/mol. The number of carbonyl (C=O) groups is 3. The lowest BCUT2D eigenvalue weighted by atomic mass is 10.1. The van der Waals surface area contributed by atoms with E-state index in [-0.39, 0.29) is 16.9 Å². The Morgan fingerprint density at radius 1 is 0.943 bits per heavy atom. The van der Waals surface area contributed by atoms with E-state index in [1.807, 2.05) is 6.92 Å². The van der Waals surface area contributed by atoms with Gasteiger partial charge in [0.2, 0.25) is 0 Å². The summed E-state index contributed by atoms with van der Waals surface area (Å²) >= 11 is 0. The van der Waals surface area contributed by atoms with Crippen LogP contribution in [0.2, 0.25) is 0 Å². The smallest absolute Gasteiger partial charge is 0.329 e. The van der Waals surface area contributed by atoms with E-state index in [1.165, 1.54) is 42.6 Å². The number of ether oxygens (including phenoxy) is 1. The van der Waals surface area contributed by atoms with Crippen LogP contribution in [0.5, 0.6) is 5.75 Å². The fraction of sp³-hybridized carbons (Fsp3) is 0.0833. The molecule has 0 spiro atoms. The minimum absolute atomic E-state index is 0.0872. The van der Waals surface area contributed by atoms with E-state index in [4.69, 9.17) is 4.74 Å². The van der Waals surface area contributed by atoms with E-state index >= 15 is 0 Å². The molecule has 3 aromatic rings. The van der Waals surface area contributed by atoms with E-state index in [0.29, 0.717) is 23.6 Å². The predicted octanol–water partition coefficient (Wildman–Crippen LogP) is 3.33. The van der Waals surface area contributed by atoms with Crippen LogP contribution in [-0.4, -0.2) is 35.5 Å². The van der Waals surface area contributed by atoms with Crippen molar-refractivity contribution in [1.29, 1.82) is 0 Å². The van der Waals surface area contributed by atoms with Gasteiger partial charge in [0.05, 0.1) is 29.0 Å². The minimum atomic E-state index is -1.06. The monoisotopic (exact) mass is 475 g/mol. The number of hydrazone groups is 1. The van der Waals surface area contributed by atoms with Crippen LogP contribution in [0, 0.1) is 10.1 Å². The molecular weight excluding hydrogens is 454 g/mol. The molecule has 0 radical (unpaired) electrons. The maximum absolute atomic E-state index is 12.7. The number of benzene rings is 3. The summed E-state index contributed by atoms with van der Waals surface area (Å²) in [6.45, 7) is 2.39. The molecule has 0 fully saturated rings. The summed E-state index contributed by atoms with van der Waals surface area (Å²) in [7, 11) is 0. The molecule has 3 aromatic carbocycles. The molecule has 0 unspecified atom stereocenters. The quantitative estimate of drug-likeness (QED) is 0.197. The second-order valence-corrected chi connectivity index (χ2v) is 6.96. The SMILES string of the molecule is CCOc1ccc(NC(=O)c2ccccc2NC(=O)C(=O)NN=Cc2ccc([N+](=O)[O-])cc2)cc1. The van der Waals surface area contributed by atoms with E-state index in [9.17, 15) is 24.5 Å². The summed E-state index contributed by atoms with van der Waals surface area (Å²) in [6.07, 6.45) is 1.23. The normalized spacial score (nSPS) is 10.4. The first kappa shape index (κ1) is 24.6. The summed E-state index contributed by atoms with van der Waals surface area (Å²) < 4.78 is 5.37. The number of nitro groups is 1. The molecular formula is C24H21N5O6. The van der Waals surface area contributed by atoms with Gasteiger partial charge in [-0.3, -0.25) is 24.5 Å². The van der Waals surface area contributed by atoms with E-state index in [0.717, 1.165) is 0 Å². The Kier molecular flexibility index (Phi) is 8.22. The van der Waals surface area contributed by atoms with Crippen LogP contribution in [-0.2, 0) is 9.59 Å². The molecule has 0 saturated heterocycles. The summed E-state index contributed by atoms with van der Waals surface area (Å²) in [5.74, 6) is -1.92. The zero-order chi connectivity index (χ0) is 25.2. The van der Waals surface area contributed by atoms with Gasteiger partial charge in [0, 0.05) is 17.8 Å². The van der Waals surface area contributed by atoms with E-state index in [1.54, 1.807) is 36.4 Å². The average molecular weight is 475 g/mol. The summed E-state index contributed by atoms with van der Waals surface area (Å²) in [6, 6.07) is 18.5. The minimum Gasteiger partial charge on any atom is -0.494 e. The van der Waals surface area contributed by atoms with Gasteiger partial charge in [0.1, 0.15) is 5.75 Å². The molecule has 0 aromatic heterocycles. The standard InChI is InChI=1S/C24H21N5O6/c1-2-35-19-13-9-17(10-14-19)26-22(30)20-5-3-4-6-21(20)27-23(31)24(32)28-25-15-16-7-11-18(12-8-16)29(33)34/h3-15H,2H2,1H3,(H,26,30)(H,27,31)(H,28,32). The second-order valence-electron chi connectivity index (χ2n) is 6.96. The summed E-state index contributed by atoms with van der Waals surface area (Å²) in [5, 5.41) is 19.5. The summed E-state index contributed by atoms with van der Waals surface area (Å²) in [4.78, 5) is 47.3. The molecule has 0 bridgehead atoms. The first-order valence-electron chi connectivity index (χ1n) is 10.4. The highest BCUT2D eigenvalue weighted by Gasteiger charge is 2.18. The number of nitro benzene ring substituents is 1. The molecule has 11 nitrogen and oxygen atoms in total. The number of nitrogens with zero attached hydrogens (tertiary/aromatic N) is 2. The Hall–Kier alpha value is -5.06. The number of hydrogen-bond acceptors (Lipinski definition) is 7. The molecule has 0 heterocycles. The number of hydrogen-bond donors (Lipinski definition) is 3. The van der Waals surface area contributed by atoms with Crippen molar-refractivity contribution < 1.29 is 24.0 Å². The van der Waals surface area contributed by atoms with Crippen molar-refractivity contribution in [1.82, 2.24) is 5.43 Å². The number of anilines is 2. The van der Waals surface area contributed by atoms with Gasteiger partial charge >= 0.3 is 11.8 Å². The summed E-state index contributed by atoms with van der Waals surface area (Å²) in [5.41, 5.74) is 3.27. The molecule has 0 aliphatic carbocycles. The maximum atomic E-state index is 12.7. The fourth-order valence-corrected chi connectivity index (χ4v) is 2.87. The van der Waals surface area contributed by atoms with Crippen molar-refractivity contribution in [3.05, 3.63) is 94.0 Å². The first-order valence-corrected chi connectivity index (χ1v) is 10.4. The number of nitrogens with one attached hydrogen (secondary N) is 3. The zero-order valence-electron chi connectivity index (χ0n) is 18.6. The second kappa shape index (κ2) is 11.7. The third-order valence-electron chi connectivity index (χ3n) is 4.53. The largest absolute Gasteiger partial charge is 0.494 e. The molecule has 0 aliphatic heterocycles. The third kappa shape index (κ3) is 6.96. The number of non-ortho nitro benzene ring substituents is 1. The van der Waals surface area contributed by atoms with Crippen LogP contribution < -0.4 is 20.8 Å². The van der Waals surface area contributed by atoms with E-state index in [2.05, 4.69) is 21.2 Å². The van der Waals surface area contributed by atoms with Crippen LogP contribution in [0.15, 0.2) is 77.9 Å². The van der Waals surface area contributed by atoms with Gasteiger partial charge < -0.3 is 15.4 Å². The highest BCUT2D eigenvalue weighted by Crippen LogP contribution is 2.20. The Balaban J connectivity index is 1.60. The molecule has 11 heteroatoms. The van der Waals surface area contributed by atoms with Gasteiger partial charge in [0.15, 0.2) is 0 Å². The topological polar surface area (TPSA) is 152 Å². The van der Waals surface area contributed by atoms with Crippen LogP contribution >= 0.6 is 0 Å². The van der Waals surface area contributed by atoms with Crippen molar-refractivity contribution in [3.63, 3.8) is 0 Å². The molecule has 35 heavy (non-hydrogen) atoms. The first-order chi connectivity index (χ1) is 16.9. The Bertz CT molecular complexity index is 1260. The molecule has 178 valence electrons. The number of amides is 3. The lowest BCUT2D eigenvalue weighted by Crippen LogP contribution is -2.33. The molecule has 0 atom stereocenters.